The van der Waals surface area contributed by atoms with Crippen molar-refractivity contribution in [2.24, 2.45) is 0 Å². The molecule has 18 heavy (non-hydrogen) atoms. The number of ether oxygens (including phenoxy) is 1. The first-order valence-corrected chi connectivity index (χ1v) is 5.65. The van der Waals surface area contributed by atoms with Crippen LogP contribution < -0.4 is 4.74 Å². The Morgan fingerprint density at radius 1 is 1.22 bits per heavy atom. The molecule has 0 bridgehead atoms. The van der Waals surface area contributed by atoms with Crippen LogP contribution in [0, 0.1) is 0 Å². The van der Waals surface area contributed by atoms with E-state index in [-0.39, 0.29) is 16.5 Å². The zero-order chi connectivity index (χ0) is 13.1. The third-order valence-electron chi connectivity index (χ3n) is 2.11. The fourth-order valence-corrected chi connectivity index (χ4v) is 1.57. The molecule has 2 aromatic rings. The molecule has 1 heterocycles. The molecule has 1 N–H and O–H groups in total. The van der Waals surface area contributed by atoms with E-state index in [4.69, 9.17) is 33.0 Å². The lowest BCUT2D eigenvalue weighted by molar-refractivity contribution is 0.0696. The maximum atomic E-state index is 10.6. The lowest BCUT2D eigenvalue weighted by Crippen LogP contribution is -1.97. The summed E-state index contributed by atoms with van der Waals surface area (Å²) in [4.78, 5) is 14.5. The van der Waals surface area contributed by atoms with E-state index in [0.717, 1.165) is 0 Å². The number of benzene rings is 1. The van der Waals surface area contributed by atoms with E-state index in [1.54, 1.807) is 18.2 Å². The van der Waals surface area contributed by atoms with Gasteiger partial charge in [-0.3, -0.25) is 0 Å². The quantitative estimate of drug-likeness (QED) is 0.929. The summed E-state index contributed by atoms with van der Waals surface area (Å²) in [6, 6.07) is 7.80. The van der Waals surface area contributed by atoms with Gasteiger partial charge in [0.15, 0.2) is 0 Å². The molecule has 1 aromatic heterocycles. The first-order chi connectivity index (χ1) is 8.58. The van der Waals surface area contributed by atoms with Gasteiger partial charge in [0.2, 0.25) is 5.88 Å². The molecule has 2 rings (SSSR count). The van der Waals surface area contributed by atoms with Crippen LogP contribution in [-0.4, -0.2) is 16.1 Å². The number of carboxylic acid groups (broad SMARTS) is 1. The molecule has 0 amide bonds. The molecule has 0 atom stereocenters. The van der Waals surface area contributed by atoms with Crippen LogP contribution in [0.1, 0.15) is 10.4 Å². The van der Waals surface area contributed by atoms with Crippen molar-refractivity contribution in [3.63, 3.8) is 0 Å². The van der Waals surface area contributed by atoms with E-state index in [2.05, 4.69) is 4.98 Å². The molecule has 0 radical (unpaired) electrons. The fraction of sp³-hybridized carbons (Fsp3) is 0. The second-order valence-electron chi connectivity index (χ2n) is 3.34. The molecule has 0 aliphatic rings. The standard InChI is InChI=1S/C12H7Cl2NO3/c13-8-2-1-3-9(11(8)14)18-10-5-4-7(6-15-10)12(16)17/h1-6H,(H,16,17). The molecule has 6 heteroatoms. The maximum Gasteiger partial charge on any atom is 0.337 e. The molecular formula is C12H7Cl2NO3. The molecule has 0 saturated heterocycles. The van der Waals surface area contributed by atoms with Gasteiger partial charge in [0, 0.05) is 12.3 Å². The van der Waals surface area contributed by atoms with Crippen molar-refractivity contribution in [3.05, 3.63) is 52.1 Å². The number of hydrogen-bond donors (Lipinski definition) is 1. The Kier molecular flexibility index (Phi) is 3.69. The summed E-state index contributed by atoms with van der Waals surface area (Å²) in [5, 5.41) is 9.38. The summed E-state index contributed by atoms with van der Waals surface area (Å²) in [7, 11) is 0. The summed E-state index contributed by atoms with van der Waals surface area (Å²) in [5.74, 6) is -0.446. The highest BCUT2D eigenvalue weighted by Gasteiger charge is 2.08. The second-order valence-corrected chi connectivity index (χ2v) is 4.13. The number of pyridine rings is 1. The smallest absolute Gasteiger partial charge is 0.337 e. The zero-order valence-electron chi connectivity index (χ0n) is 8.93. The Morgan fingerprint density at radius 2 is 2.00 bits per heavy atom. The Bertz CT molecular complexity index is 584. The van der Waals surface area contributed by atoms with Crippen LogP contribution in [0.4, 0.5) is 0 Å². The molecule has 92 valence electrons. The normalized spacial score (nSPS) is 10.1. The Balaban J connectivity index is 2.24. The van der Waals surface area contributed by atoms with Crippen molar-refractivity contribution >= 4 is 29.2 Å². The molecule has 0 fully saturated rings. The summed E-state index contributed by atoms with van der Waals surface area (Å²) < 4.78 is 5.40. The third kappa shape index (κ3) is 2.72. The van der Waals surface area contributed by atoms with Gasteiger partial charge < -0.3 is 9.84 Å². The van der Waals surface area contributed by atoms with E-state index in [1.165, 1.54) is 18.3 Å². The van der Waals surface area contributed by atoms with Gasteiger partial charge in [0.05, 0.1) is 10.6 Å². The minimum absolute atomic E-state index is 0.0829. The van der Waals surface area contributed by atoms with Gasteiger partial charge in [-0.05, 0) is 18.2 Å². The van der Waals surface area contributed by atoms with E-state index in [0.29, 0.717) is 10.8 Å². The highest BCUT2D eigenvalue weighted by atomic mass is 35.5. The number of rotatable bonds is 3. The van der Waals surface area contributed by atoms with Crippen molar-refractivity contribution in [2.45, 2.75) is 0 Å². The third-order valence-corrected chi connectivity index (χ3v) is 2.92. The first-order valence-electron chi connectivity index (χ1n) is 4.89. The Morgan fingerprint density at radius 3 is 2.61 bits per heavy atom. The summed E-state index contributed by atoms with van der Waals surface area (Å²) in [6.07, 6.45) is 1.20. The van der Waals surface area contributed by atoms with E-state index in [9.17, 15) is 4.79 Å². The minimum Gasteiger partial charge on any atom is -0.478 e. The molecule has 0 unspecified atom stereocenters. The summed E-state index contributed by atoms with van der Waals surface area (Å²) >= 11 is 11.8. The van der Waals surface area contributed by atoms with Crippen LogP contribution in [-0.2, 0) is 0 Å². The summed E-state index contributed by atoms with van der Waals surface area (Å²) in [5.41, 5.74) is 0.0829. The van der Waals surface area contributed by atoms with Crippen LogP contribution in [0.3, 0.4) is 0 Å². The number of halogens is 2. The van der Waals surface area contributed by atoms with Crippen LogP contribution in [0.15, 0.2) is 36.5 Å². The number of hydrogen-bond acceptors (Lipinski definition) is 3. The lowest BCUT2D eigenvalue weighted by atomic mass is 10.3. The van der Waals surface area contributed by atoms with E-state index in [1.807, 2.05) is 0 Å². The van der Waals surface area contributed by atoms with Gasteiger partial charge in [-0.25, -0.2) is 9.78 Å². The largest absolute Gasteiger partial charge is 0.478 e. The van der Waals surface area contributed by atoms with Crippen molar-refractivity contribution in [1.29, 1.82) is 0 Å². The SMILES string of the molecule is O=C(O)c1ccc(Oc2cccc(Cl)c2Cl)nc1. The predicted octanol–water partition coefficient (Wildman–Crippen LogP) is 3.88. The average molecular weight is 284 g/mol. The van der Waals surface area contributed by atoms with Gasteiger partial charge in [0.1, 0.15) is 10.8 Å². The van der Waals surface area contributed by atoms with Crippen LogP contribution in [0.2, 0.25) is 10.0 Å². The van der Waals surface area contributed by atoms with Crippen molar-refractivity contribution < 1.29 is 14.6 Å². The molecule has 1 aromatic carbocycles. The summed E-state index contributed by atoms with van der Waals surface area (Å²) in [6.45, 7) is 0. The van der Waals surface area contributed by atoms with Crippen LogP contribution in [0.5, 0.6) is 11.6 Å². The van der Waals surface area contributed by atoms with Gasteiger partial charge in [-0.1, -0.05) is 29.3 Å². The molecule has 0 saturated carbocycles. The van der Waals surface area contributed by atoms with E-state index < -0.39 is 5.97 Å². The average Bonchev–Trinajstić information content (AvgIpc) is 2.36. The molecule has 0 aliphatic carbocycles. The predicted molar refractivity (Wildman–Crippen MR) is 67.7 cm³/mol. The first kappa shape index (κ1) is 12.7. The van der Waals surface area contributed by atoms with E-state index >= 15 is 0 Å². The molecular weight excluding hydrogens is 277 g/mol. The molecule has 0 spiro atoms. The molecule has 0 aliphatic heterocycles. The second kappa shape index (κ2) is 5.25. The Hall–Kier alpha value is -1.78. The van der Waals surface area contributed by atoms with Gasteiger partial charge in [-0.2, -0.15) is 0 Å². The number of carboxylic acids is 1. The number of aromatic carboxylic acids is 1. The maximum absolute atomic E-state index is 10.6. The highest BCUT2D eigenvalue weighted by Crippen LogP contribution is 2.33. The van der Waals surface area contributed by atoms with Crippen LogP contribution >= 0.6 is 23.2 Å². The van der Waals surface area contributed by atoms with Crippen molar-refractivity contribution in [1.82, 2.24) is 4.98 Å². The van der Waals surface area contributed by atoms with Gasteiger partial charge in [0.25, 0.3) is 0 Å². The molecule has 4 nitrogen and oxygen atoms in total. The van der Waals surface area contributed by atoms with Crippen molar-refractivity contribution in [3.8, 4) is 11.6 Å². The Labute approximate surface area is 113 Å². The number of nitrogens with zero attached hydrogens (tertiary/aromatic N) is 1. The van der Waals surface area contributed by atoms with Gasteiger partial charge in [-0.15, -0.1) is 0 Å². The highest BCUT2D eigenvalue weighted by molar-refractivity contribution is 6.42. The van der Waals surface area contributed by atoms with Gasteiger partial charge >= 0.3 is 5.97 Å². The fourth-order valence-electron chi connectivity index (χ4n) is 1.24. The minimum atomic E-state index is -1.05. The topological polar surface area (TPSA) is 59.4 Å². The van der Waals surface area contributed by atoms with Crippen molar-refractivity contribution in [2.75, 3.05) is 0 Å². The number of aromatic nitrogens is 1. The van der Waals surface area contributed by atoms with Crippen LogP contribution in [0.25, 0.3) is 0 Å². The zero-order valence-corrected chi connectivity index (χ0v) is 10.4. The lowest BCUT2D eigenvalue weighted by Gasteiger charge is -2.07. The number of carbonyl (C=O) groups is 1. The monoisotopic (exact) mass is 283 g/mol.